The summed E-state index contributed by atoms with van der Waals surface area (Å²) in [5.74, 6) is -0.391. The van der Waals surface area contributed by atoms with Crippen molar-refractivity contribution in [3.05, 3.63) is 52.8 Å². The van der Waals surface area contributed by atoms with Crippen LogP contribution in [0.2, 0.25) is 5.02 Å². The molecule has 0 fully saturated rings. The van der Waals surface area contributed by atoms with Gasteiger partial charge < -0.3 is 4.18 Å². The quantitative estimate of drug-likeness (QED) is 0.880. The average Bonchev–Trinajstić information content (AvgIpc) is 2.38. The van der Waals surface area contributed by atoms with Gasteiger partial charge in [0.2, 0.25) is 0 Å². The molecule has 1 N–H and O–H groups in total. The van der Waals surface area contributed by atoms with Crippen molar-refractivity contribution < 1.29 is 17.0 Å². The van der Waals surface area contributed by atoms with Gasteiger partial charge in [0.25, 0.3) is 0 Å². The summed E-state index contributed by atoms with van der Waals surface area (Å²) in [6.07, 6.45) is 0. The minimum Gasteiger partial charge on any atom is -0.370 e. The van der Waals surface area contributed by atoms with Crippen molar-refractivity contribution >= 4 is 21.9 Å². The van der Waals surface area contributed by atoms with Crippen molar-refractivity contribution in [1.29, 1.82) is 0 Å². The highest BCUT2D eigenvalue weighted by molar-refractivity contribution is 7.85. The number of nitrogens with one attached hydrogen (secondary N) is 1. The number of rotatable bonds is 1. The van der Waals surface area contributed by atoms with Crippen LogP contribution in [0, 0.1) is 5.82 Å². The predicted octanol–water partition coefficient (Wildman–Crippen LogP) is 2.87. The summed E-state index contributed by atoms with van der Waals surface area (Å²) in [5, 5.41) is 0.270. The number of halogens is 2. The predicted molar refractivity (Wildman–Crippen MR) is 73.2 cm³/mol. The molecule has 0 aliphatic carbocycles. The third kappa shape index (κ3) is 2.37. The molecule has 104 valence electrons. The molecule has 3 rings (SSSR count). The molecule has 2 aromatic carbocycles. The van der Waals surface area contributed by atoms with E-state index in [1.54, 1.807) is 18.2 Å². The van der Waals surface area contributed by atoms with Crippen molar-refractivity contribution in [2.75, 3.05) is 0 Å². The highest BCUT2D eigenvalue weighted by atomic mass is 35.5. The van der Waals surface area contributed by atoms with E-state index in [1.807, 2.05) is 0 Å². The molecule has 0 bridgehead atoms. The van der Waals surface area contributed by atoms with Crippen LogP contribution in [0.5, 0.6) is 5.75 Å². The molecule has 0 aromatic heterocycles. The number of hydrogen-bond donors (Lipinski definition) is 1. The van der Waals surface area contributed by atoms with Crippen LogP contribution in [0.3, 0.4) is 0 Å². The van der Waals surface area contributed by atoms with Gasteiger partial charge in [-0.2, -0.15) is 13.1 Å². The Bertz CT molecular complexity index is 792. The van der Waals surface area contributed by atoms with Gasteiger partial charge in [0.05, 0.1) is 0 Å². The Morgan fingerprint density at radius 1 is 1.20 bits per heavy atom. The molecular formula is C13H9ClFNO3S. The monoisotopic (exact) mass is 313 g/mol. The van der Waals surface area contributed by atoms with E-state index in [1.165, 1.54) is 18.2 Å². The second-order valence-electron chi connectivity index (χ2n) is 4.28. The highest BCUT2D eigenvalue weighted by Gasteiger charge is 2.25. The van der Waals surface area contributed by atoms with Crippen LogP contribution in [-0.4, -0.2) is 8.42 Å². The third-order valence-corrected chi connectivity index (χ3v) is 4.07. The van der Waals surface area contributed by atoms with Crippen molar-refractivity contribution in [3.63, 3.8) is 0 Å². The third-order valence-electron chi connectivity index (χ3n) is 2.95. The zero-order chi connectivity index (χ0) is 14.3. The number of hydrogen-bond acceptors (Lipinski definition) is 3. The summed E-state index contributed by atoms with van der Waals surface area (Å²) in [6.45, 7) is 0.112. The first kappa shape index (κ1) is 13.4. The van der Waals surface area contributed by atoms with Crippen LogP contribution in [0.15, 0.2) is 36.4 Å². The maximum Gasteiger partial charge on any atom is 0.382 e. The molecule has 0 unspecified atom stereocenters. The summed E-state index contributed by atoms with van der Waals surface area (Å²) < 4.78 is 44.2. The zero-order valence-electron chi connectivity index (χ0n) is 10.1. The fourth-order valence-electron chi connectivity index (χ4n) is 2.05. The topological polar surface area (TPSA) is 55.4 Å². The van der Waals surface area contributed by atoms with E-state index in [0.29, 0.717) is 11.1 Å². The molecule has 20 heavy (non-hydrogen) atoms. The van der Waals surface area contributed by atoms with Crippen LogP contribution in [0.1, 0.15) is 5.56 Å². The molecule has 1 aliphatic rings. The molecule has 0 radical (unpaired) electrons. The maximum absolute atomic E-state index is 14.0. The fraction of sp³-hybridized carbons (Fsp3) is 0.0769. The Kier molecular flexibility index (Phi) is 3.16. The minimum absolute atomic E-state index is 0.112. The van der Waals surface area contributed by atoms with Crippen molar-refractivity contribution in [1.82, 2.24) is 4.72 Å². The largest absolute Gasteiger partial charge is 0.382 e. The lowest BCUT2D eigenvalue weighted by Gasteiger charge is -2.20. The normalized spacial score (nSPS) is 16.3. The zero-order valence-corrected chi connectivity index (χ0v) is 11.6. The molecular weight excluding hydrogens is 305 g/mol. The first-order valence-corrected chi connectivity index (χ1v) is 7.51. The lowest BCUT2D eigenvalue weighted by Crippen LogP contribution is -2.32. The van der Waals surface area contributed by atoms with Gasteiger partial charge in [0.1, 0.15) is 5.82 Å². The molecule has 0 spiro atoms. The number of para-hydroxylation sites is 1. The van der Waals surface area contributed by atoms with Crippen molar-refractivity contribution in [3.8, 4) is 16.9 Å². The van der Waals surface area contributed by atoms with Gasteiger partial charge in [0, 0.05) is 28.3 Å². The number of benzene rings is 2. The lowest BCUT2D eigenvalue weighted by molar-refractivity contribution is 0.454. The molecule has 0 amide bonds. The van der Waals surface area contributed by atoms with E-state index in [2.05, 4.69) is 4.72 Å². The fourth-order valence-corrected chi connectivity index (χ4v) is 3.01. The van der Waals surface area contributed by atoms with Crippen molar-refractivity contribution in [2.24, 2.45) is 0 Å². The van der Waals surface area contributed by atoms with E-state index in [4.69, 9.17) is 15.8 Å². The van der Waals surface area contributed by atoms with Crippen LogP contribution >= 0.6 is 11.6 Å². The first-order chi connectivity index (χ1) is 9.46. The van der Waals surface area contributed by atoms with Crippen LogP contribution in [0.4, 0.5) is 4.39 Å². The van der Waals surface area contributed by atoms with Crippen molar-refractivity contribution in [2.45, 2.75) is 6.54 Å². The summed E-state index contributed by atoms with van der Waals surface area (Å²) in [7, 11) is -3.85. The van der Waals surface area contributed by atoms with E-state index in [9.17, 15) is 12.8 Å². The van der Waals surface area contributed by atoms with E-state index in [-0.39, 0.29) is 22.9 Å². The van der Waals surface area contributed by atoms with Gasteiger partial charge in [-0.15, -0.1) is 0 Å². The summed E-state index contributed by atoms with van der Waals surface area (Å²) in [6, 6.07) is 9.23. The summed E-state index contributed by atoms with van der Waals surface area (Å²) in [5.41, 5.74) is 1.26. The van der Waals surface area contributed by atoms with Crippen LogP contribution < -0.4 is 8.91 Å². The molecule has 0 saturated heterocycles. The molecule has 1 heterocycles. The van der Waals surface area contributed by atoms with E-state index >= 15 is 0 Å². The molecule has 1 aliphatic heterocycles. The molecule has 0 atom stereocenters. The van der Waals surface area contributed by atoms with Gasteiger partial charge in [-0.05, 0) is 18.2 Å². The highest BCUT2D eigenvalue weighted by Crippen LogP contribution is 2.37. The van der Waals surface area contributed by atoms with E-state index in [0.717, 1.165) is 0 Å². The molecule has 7 heteroatoms. The Morgan fingerprint density at radius 3 is 2.75 bits per heavy atom. The summed E-state index contributed by atoms with van der Waals surface area (Å²) >= 11 is 5.72. The SMILES string of the molecule is O=S1(=O)NCc2cccc(-c3ccc(Cl)cc3F)c2O1. The lowest BCUT2D eigenvalue weighted by atomic mass is 10.0. The average molecular weight is 314 g/mol. The van der Waals surface area contributed by atoms with Gasteiger partial charge in [-0.3, -0.25) is 0 Å². The van der Waals surface area contributed by atoms with Gasteiger partial charge >= 0.3 is 10.3 Å². The molecule has 4 nitrogen and oxygen atoms in total. The Hall–Kier alpha value is -1.63. The molecule has 0 saturated carbocycles. The second-order valence-corrected chi connectivity index (χ2v) is 6.08. The van der Waals surface area contributed by atoms with Crippen LogP contribution in [-0.2, 0) is 16.8 Å². The van der Waals surface area contributed by atoms with Gasteiger partial charge in [-0.1, -0.05) is 29.8 Å². The Morgan fingerprint density at radius 2 is 2.00 bits per heavy atom. The standard InChI is InChI=1S/C13H9ClFNO3S/c14-9-4-5-10(12(15)6-9)11-3-1-2-8-7-16-20(17,18)19-13(8)11/h1-6,16H,7H2. The first-order valence-electron chi connectivity index (χ1n) is 5.73. The second kappa shape index (κ2) is 4.73. The smallest absolute Gasteiger partial charge is 0.370 e. The van der Waals surface area contributed by atoms with Gasteiger partial charge in [0.15, 0.2) is 5.75 Å². The Balaban J connectivity index is 2.21. The maximum atomic E-state index is 14.0. The Labute approximate surface area is 120 Å². The van der Waals surface area contributed by atoms with Crippen LogP contribution in [0.25, 0.3) is 11.1 Å². The molecule has 2 aromatic rings. The van der Waals surface area contributed by atoms with Gasteiger partial charge in [-0.25, -0.2) is 4.39 Å². The minimum atomic E-state index is -3.85. The summed E-state index contributed by atoms with van der Waals surface area (Å²) in [4.78, 5) is 0. The number of fused-ring (bicyclic) bond motifs is 1. The van der Waals surface area contributed by atoms with E-state index < -0.39 is 16.1 Å².